The molecule has 0 amide bonds. The number of carbonyl (C=O) groups is 1. The molecule has 0 saturated carbocycles. The average molecular weight is 230 g/mol. The topological polar surface area (TPSA) is 50.8 Å². The summed E-state index contributed by atoms with van der Waals surface area (Å²) < 4.78 is 10.3. The van der Waals surface area contributed by atoms with Crippen LogP contribution in [0.2, 0.25) is 0 Å². The Morgan fingerprint density at radius 1 is 1.69 bits per heavy atom. The molecule has 0 aliphatic carbocycles. The number of ether oxygens (including phenoxy) is 2. The molecular weight excluding hydrogens is 208 g/mol. The molecular formula is C11H22N2O3. The van der Waals surface area contributed by atoms with Crippen molar-refractivity contribution in [3.8, 4) is 0 Å². The van der Waals surface area contributed by atoms with Crippen molar-refractivity contribution < 1.29 is 14.3 Å². The van der Waals surface area contributed by atoms with Crippen molar-refractivity contribution >= 4 is 5.97 Å². The van der Waals surface area contributed by atoms with Gasteiger partial charge in [0, 0.05) is 19.6 Å². The number of nitrogens with one attached hydrogen (secondary N) is 1. The Morgan fingerprint density at radius 2 is 2.44 bits per heavy atom. The van der Waals surface area contributed by atoms with Crippen molar-refractivity contribution in [1.82, 2.24) is 10.2 Å². The van der Waals surface area contributed by atoms with E-state index in [0.717, 1.165) is 26.1 Å². The molecule has 1 aliphatic heterocycles. The second-order valence-corrected chi connectivity index (χ2v) is 4.15. The first-order chi connectivity index (χ1) is 7.67. The van der Waals surface area contributed by atoms with Crippen molar-refractivity contribution in [2.75, 3.05) is 40.4 Å². The maximum absolute atomic E-state index is 11.3. The average Bonchev–Trinajstić information content (AvgIpc) is 2.29. The lowest BCUT2D eigenvalue weighted by Crippen LogP contribution is -2.48. The van der Waals surface area contributed by atoms with Crippen LogP contribution in [0.3, 0.4) is 0 Å². The number of hydrogen-bond acceptors (Lipinski definition) is 5. The quantitative estimate of drug-likeness (QED) is 0.666. The van der Waals surface area contributed by atoms with Gasteiger partial charge >= 0.3 is 5.97 Å². The van der Waals surface area contributed by atoms with Crippen LogP contribution in [0, 0.1) is 0 Å². The summed E-state index contributed by atoms with van der Waals surface area (Å²) in [6.45, 7) is 5.30. The van der Waals surface area contributed by atoms with E-state index in [1.54, 1.807) is 0 Å². The number of rotatable bonds is 5. The Kier molecular flexibility index (Phi) is 5.73. The molecule has 1 fully saturated rings. The van der Waals surface area contributed by atoms with E-state index in [9.17, 15) is 4.79 Å². The fraction of sp³-hybridized carbons (Fsp3) is 0.909. The van der Waals surface area contributed by atoms with E-state index < -0.39 is 0 Å². The normalized spacial score (nSPS) is 24.1. The summed E-state index contributed by atoms with van der Waals surface area (Å²) in [5.41, 5.74) is 0. The molecule has 16 heavy (non-hydrogen) atoms. The number of morpholine rings is 1. The molecule has 1 N–H and O–H groups in total. The summed E-state index contributed by atoms with van der Waals surface area (Å²) >= 11 is 0. The molecule has 1 saturated heterocycles. The lowest BCUT2D eigenvalue weighted by atomic mass is 10.2. The van der Waals surface area contributed by atoms with Crippen molar-refractivity contribution in [1.29, 1.82) is 0 Å². The molecule has 94 valence electrons. The summed E-state index contributed by atoms with van der Waals surface area (Å²) in [4.78, 5) is 13.6. The van der Waals surface area contributed by atoms with Gasteiger partial charge in [-0.25, -0.2) is 0 Å². The van der Waals surface area contributed by atoms with E-state index in [4.69, 9.17) is 9.47 Å². The number of likely N-dealkylation sites (N-methyl/N-ethyl adjacent to an activating group) is 1. The Morgan fingerprint density at radius 3 is 3.00 bits per heavy atom. The largest absolute Gasteiger partial charge is 0.468 e. The summed E-state index contributed by atoms with van der Waals surface area (Å²) in [6, 6.07) is -0.221. The minimum Gasteiger partial charge on any atom is -0.468 e. The second kappa shape index (κ2) is 6.83. The van der Waals surface area contributed by atoms with Gasteiger partial charge in [-0.2, -0.15) is 0 Å². The Labute approximate surface area is 97.1 Å². The first-order valence-corrected chi connectivity index (χ1v) is 5.78. The first-order valence-electron chi connectivity index (χ1n) is 5.78. The molecule has 5 heteroatoms. The van der Waals surface area contributed by atoms with Gasteiger partial charge in [-0.05, 0) is 13.5 Å². The standard InChI is InChI=1S/C11H22N2O3/c1-4-10(11(14)15-3)12-7-9-8-13(2)5-6-16-9/h9-10,12H,4-8H2,1-3H3. The van der Waals surface area contributed by atoms with Crippen molar-refractivity contribution in [3.05, 3.63) is 0 Å². The highest BCUT2D eigenvalue weighted by molar-refractivity contribution is 5.75. The highest BCUT2D eigenvalue weighted by Crippen LogP contribution is 2.03. The maximum atomic E-state index is 11.3. The minimum absolute atomic E-state index is 0.164. The lowest BCUT2D eigenvalue weighted by molar-refractivity contribution is -0.143. The SMILES string of the molecule is CCC(NCC1CN(C)CCO1)C(=O)OC. The predicted octanol–water partition coefficient (Wildman–Crippen LogP) is -0.142. The molecule has 0 bridgehead atoms. The van der Waals surface area contributed by atoms with Gasteiger partial charge in [-0.15, -0.1) is 0 Å². The third-order valence-corrected chi connectivity index (χ3v) is 2.83. The number of methoxy groups -OCH3 is 1. The van der Waals surface area contributed by atoms with Crippen molar-refractivity contribution in [3.63, 3.8) is 0 Å². The second-order valence-electron chi connectivity index (χ2n) is 4.15. The van der Waals surface area contributed by atoms with Crippen LogP contribution in [0.4, 0.5) is 0 Å². The van der Waals surface area contributed by atoms with E-state index in [0.29, 0.717) is 6.54 Å². The fourth-order valence-electron chi connectivity index (χ4n) is 1.80. The number of hydrogen-bond donors (Lipinski definition) is 1. The molecule has 0 aromatic rings. The first kappa shape index (κ1) is 13.4. The number of esters is 1. The van der Waals surface area contributed by atoms with Crippen LogP contribution in [-0.4, -0.2) is 63.4 Å². The van der Waals surface area contributed by atoms with Crippen molar-refractivity contribution in [2.45, 2.75) is 25.5 Å². The Bertz CT molecular complexity index is 223. The fourth-order valence-corrected chi connectivity index (χ4v) is 1.80. The zero-order valence-electron chi connectivity index (χ0n) is 10.4. The molecule has 1 rings (SSSR count). The van der Waals surface area contributed by atoms with Gasteiger partial charge in [0.05, 0.1) is 19.8 Å². The third kappa shape index (κ3) is 4.08. The van der Waals surface area contributed by atoms with Crippen LogP contribution >= 0.6 is 0 Å². The smallest absolute Gasteiger partial charge is 0.322 e. The van der Waals surface area contributed by atoms with E-state index in [1.165, 1.54) is 7.11 Å². The van der Waals surface area contributed by atoms with Crippen molar-refractivity contribution in [2.24, 2.45) is 0 Å². The van der Waals surface area contributed by atoms with Crippen LogP contribution in [0.15, 0.2) is 0 Å². The summed E-state index contributed by atoms with van der Waals surface area (Å²) in [5, 5.41) is 3.18. The molecule has 0 aromatic carbocycles. The van der Waals surface area contributed by atoms with Gasteiger partial charge in [0.1, 0.15) is 6.04 Å². The molecule has 1 heterocycles. The van der Waals surface area contributed by atoms with Crippen LogP contribution in [0.5, 0.6) is 0 Å². The Hall–Kier alpha value is -0.650. The van der Waals surface area contributed by atoms with Crippen LogP contribution in [0.25, 0.3) is 0 Å². The summed E-state index contributed by atoms with van der Waals surface area (Å²) in [5.74, 6) is -0.202. The number of carbonyl (C=O) groups excluding carboxylic acids is 1. The lowest BCUT2D eigenvalue weighted by Gasteiger charge is -2.31. The minimum atomic E-state index is -0.221. The highest BCUT2D eigenvalue weighted by Gasteiger charge is 2.21. The van der Waals surface area contributed by atoms with Gasteiger partial charge in [-0.3, -0.25) is 4.79 Å². The zero-order valence-corrected chi connectivity index (χ0v) is 10.4. The van der Waals surface area contributed by atoms with Crippen LogP contribution in [0.1, 0.15) is 13.3 Å². The molecule has 2 unspecified atom stereocenters. The van der Waals surface area contributed by atoms with Gasteiger partial charge in [-0.1, -0.05) is 6.92 Å². The van der Waals surface area contributed by atoms with Crippen LogP contribution in [-0.2, 0) is 14.3 Å². The summed E-state index contributed by atoms with van der Waals surface area (Å²) in [7, 11) is 3.49. The molecule has 2 atom stereocenters. The van der Waals surface area contributed by atoms with Crippen LogP contribution < -0.4 is 5.32 Å². The predicted molar refractivity (Wildman–Crippen MR) is 61.3 cm³/mol. The van der Waals surface area contributed by atoms with Gasteiger partial charge in [0.15, 0.2) is 0 Å². The monoisotopic (exact) mass is 230 g/mol. The Balaban J connectivity index is 2.28. The molecule has 0 aromatic heterocycles. The van der Waals surface area contributed by atoms with E-state index in [2.05, 4.69) is 17.3 Å². The van der Waals surface area contributed by atoms with Gasteiger partial charge in [0.2, 0.25) is 0 Å². The van der Waals surface area contributed by atoms with Gasteiger partial charge < -0.3 is 19.7 Å². The van der Waals surface area contributed by atoms with E-state index >= 15 is 0 Å². The third-order valence-electron chi connectivity index (χ3n) is 2.83. The highest BCUT2D eigenvalue weighted by atomic mass is 16.5. The molecule has 0 spiro atoms. The molecule has 5 nitrogen and oxygen atoms in total. The molecule has 1 aliphatic rings. The van der Waals surface area contributed by atoms with E-state index in [1.807, 2.05) is 6.92 Å². The maximum Gasteiger partial charge on any atom is 0.322 e. The zero-order chi connectivity index (χ0) is 12.0. The van der Waals surface area contributed by atoms with E-state index in [-0.39, 0.29) is 18.1 Å². The van der Waals surface area contributed by atoms with Gasteiger partial charge in [0.25, 0.3) is 0 Å². The summed E-state index contributed by atoms with van der Waals surface area (Å²) in [6.07, 6.45) is 0.896. The number of nitrogens with zero attached hydrogens (tertiary/aromatic N) is 1. The molecule has 0 radical (unpaired) electrons.